The van der Waals surface area contributed by atoms with Crippen molar-refractivity contribution in [3.05, 3.63) is 20.8 Å². The van der Waals surface area contributed by atoms with Gasteiger partial charge in [-0.05, 0) is 35.8 Å². The number of ether oxygens (including phenoxy) is 1. The van der Waals surface area contributed by atoms with Crippen LogP contribution in [0.15, 0.2) is 15.9 Å². The number of hydrogen-bond acceptors (Lipinski definition) is 3. The van der Waals surface area contributed by atoms with E-state index < -0.39 is 0 Å². The molecule has 0 saturated heterocycles. The number of hydrogen-bond donors (Lipinski definition) is 1. The fraction of sp³-hybridized carbons (Fsp3) is 0.600. The molecule has 0 aliphatic rings. The lowest BCUT2D eigenvalue weighted by atomic mass is 10.3. The predicted molar refractivity (Wildman–Crippen MR) is 64.9 cm³/mol. The van der Waals surface area contributed by atoms with E-state index in [1.54, 1.807) is 11.3 Å². The topological polar surface area (TPSA) is 21.3 Å². The Hall–Kier alpha value is 0.1000. The predicted octanol–water partition coefficient (Wildman–Crippen LogP) is 3.20. The summed E-state index contributed by atoms with van der Waals surface area (Å²) in [5.74, 6) is 0. The number of rotatable bonds is 6. The Balaban J connectivity index is 2.25. The van der Waals surface area contributed by atoms with Gasteiger partial charge < -0.3 is 10.1 Å². The van der Waals surface area contributed by atoms with Gasteiger partial charge >= 0.3 is 0 Å². The molecule has 0 aliphatic carbocycles. The van der Waals surface area contributed by atoms with Gasteiger partial charge in [-0.2, -0.15) is 0 Å². The molecule has 0 fully saturated rings. The third-order valence-electron chi connectivity index (χ3n) is 1.92. The van der Waals surface area contributed by atoms with Gasteiger partial charge in [-0.1, -0.05) is 0 Å². The molecular formula is C10H16BrNOS. The molecule has 1 aromatic rings. The van der Waals surface area contributed by atoms with E-state index in [0.29, 0.717) is 6.04 Å². The van der Waals surface area contributed by atoms with Crippen molar-refractivity contribution in [1.82, 2.24) is 5.32 Å². The summed E-state index contributed by atoms with van der Waals surface area (Å²) in [5, 5.41) is 5.52. The lowest BCUT2D eigenvalue weighted by molar-refractivity contribution is 0.147. The summed E-state index contributed by atoms with van der Waals surface area (Å²) >= 11 is 5.22. The molecule has 4 heteroatoms. The standard InChI is InChI=1S/C10H16BrNOS/c1-3-13-5-4-12-8(2)10-6-9(11)7-14-10/h6-8,12H,3-5H2,1-2H3. The van der Waals surface area contributed by atoms with Crippen molar-refractivity contribution in [2.45, 2.75) is 19.9 Å². The van der Waals surface area contributed by atoms with E-state index in [0.717, 1.165) is 24.2 Å². The highest BCUT2D eigenvalue weighted by atomic mass is 79.9. The van der Waals surface area contributed by atoms with Gasteiger partial charge in [-0.3, -0.25) is 0 Å². The Labute approximate surface area is 97.8 Å². The number of nitrogens with one attached hydrogen (secondary N) is 1. The number of thiophene rings is 1. The minimum Gasteiger partial charge on any atom is -0.380 e. The van der Waals surface area contributed by atoms with Crippen LogP contribution in [0, 0.1) is 0 Å². The molecule has 80 valence electrons. The largest absolute Gasteiger partial charge is 0.380 e. The van der Waals surface area contributed by atoms with E-state index in [4.69, 9.17) is 4.74 Å². The van der Waals surface area contributed by atoms with Gasteiger partial charge in [0.15, 0.2) is 0 Å². The quantitative estimate of drug-likeness (QED) is 0.807. The second-order valence-corrected chi connectivity index (χ2v) is 4.90. The van der Waals surface area contributed by atoms with E-state index in [2.05, 4.69) is 39.6 Å². The van der Waals surface area contributed by atoms with Gasteiger partial charge in [0.05, 0.1) is 6.61 Å². The lowest BCUT2D eigenvalue weighted by Crippen LogP contribution is -2.22. The SMILES string of the molecule is CCOCCNC(C)c1cc(Br)cs1. The average molecular weight is 278 g/mol. The molecule has 0 bridgehead atoms. The van der Waals surface area contributed by atoms with Crippen molar-refractivity contribution in [3.63, 3.8) is 0 Å². The van der Waals surface area contributed by atoms with Gasteiger partial charge in [-0.15, -0.1) is 11.3 Å². The van der Waals surface area contributed by atoms with Gasteiger partial charge in [0.25, 0.3) is 0 Å². The molecule has 0 radical (unpaired) electrons. The summed E-state index contributed by atoms with van der Waals surface area (Å²) in [6.45, 7) is 6.67. The molecule has 1 rings (SSSR count). The van der Waals surface area contributed by atoms with Gasteiger partial charge in [0.2, 0.25) is 0 Å². The fourth-order valence-electron chi connectivity index (χ4n) is 1.15. The molecule has 1 atom stereocenters. The molecule has 0 aromatic carbocycles. The second-order valence-electron chi connectivity index (χ2n) is 3.04. The zero-order valence-corrected chi connectivity index (χ0v) is 11.0. The minimum atomic E-state index is 0.409. The Morgan fingerprint density at radius 1 is 1.64 bits per heavy atom. The first-order valence-corrected chi connectivity index (χ1v) is 6.46. The Morgan fingerprint density at radius 3 is 3.00 bits per heavy atom. The Kier molecular flexibility index (Phi) is 5.70. The monoisotopic (exact) mass is 277 g/mol. The molecule has 0 saturated carbocycles. The molecule has 0 amide bonds. The zero-order chi connectivity index (χ0) is 10.4. The Bertz CT molecular complexity index is 264. The van der Waals surface area contributed by atoms with Crippen molar-refractivity contribution in [2.75, 3.05) is 19.8 Å². The summed E-state index contributed by atoms with van der Waals surface area (Å²) < 4.78 is 6.42. The molecule has 14 heavy (non-hydrogen) atoms. The van der Waals surface area contributed by atoms with Crippen LogP contribution in [0.1, 0.15) is 24.8 Å². The average Bonchev–Trinajstić information content (AvgIpc) is 2.59. The summed E-state index contributed by atoms with van der Waals surface area (Å²) in [4.78, 5) is 1.35. The third-order valence-corrected chi connectivity index (χ3v) is 3.79. The van der Waals surface area contributed by atoms with Crippen LogP contribution in [-0.2, 0) is 4.74 Å². The highest BCUT2D eigenvalue weighted by molar-refractivity contribution is 9.10. The van der Waals surface area contributed by atoms with Crippen LogP contribution in [0.2, 0.25) is 0 Å². The minimum absolute atomic E-state index is 0.409. The summed E-state index contributed by atoms with van der Waals surface area (Å²) in [5.41, 5.74) is 0. The first-order chi connectivity index (χ1) is 6.74. The molecule has 1 N–H and O–H groups in total. The van der Waals surface area contributed by atoms with Crippen LogP contribution < -0.4 is 5.32 Å². The van der Waals surface area contributed by atoms with E-state index in [9.17, 15) is 0 Å². The number of halogens is 1. The first kappa shape index (κ1) is 12.2. The first-order valence-electron chi connectivity index (χ1n) is 4.79. The van der Waals surface area contributed by atoms with Crippen molar-refractivity contribution >= 4 is 27.3 Å². The molecule has 0 spiro atoms. The van der Waals surface area contributed by atoms with Crippen molar-refractivity contribution in [1.29, 1.82) is 0 Å². The van der Waals surface area contributed by atoms with Crippen LogP contribution >= 0.6 is 27.3 Å². The molecular weight excluding hydrogens is 262 g/mol. The highest BCUT2D eigenvalue weighted by Crippen LogP contribution is 2.24. The normalized spacial score (nSPS) is 13.1. The maximum atomic E-state index is 5.26. The van der Waals surface area contributed by atoms with E-state index in [1.807, 2.05) is 6.92 Å². The van der Waals surface area contributed by atoms with E-state index in [-0.39, 0.29) is 0 Å². The van der Waals surface area contributed by atoms with Crippen LogP contribution in [-0.4, -0.2) is 19.8 Å². The van der Waals surface area contributed by atoms with Crippen molar-refractivity contribution in [2.24, 2.45) is 0 Å². The summed E-state index contributed by atoms with van der Waals surface area (Å²) in [6.07, 6.45) is 0. The fourth-order valence-corrected chi connectivity index (χ4v) is 2.63. The van der Waals surface area contributed by atoms with Crippen LogP contribution in [0.3, 0.4) is 0 Å². The molecule has 1 aromatic heterocycles. The van der Waals surface area contributed by atoms with Crippen LogP contribution in [0.4, 0.5) is 0 Å². The third kappa shape index (κ3) is 4.09. The zero-order valence-electron chi connectivity index (χ0n) is 8.55. The summed E-state index contributed by atoms with van der Waals surface area (Å²) in [7, 11) is 0. The maximum Gasteiger partial charge on any atom is 0.0590 e. The molecule has 2 nitrogen and oxygen atoms in total. The van der Waals surface area contributed by atoms with Crippen LogP contribution in [0.25, 0.3) is 0 Å². The van der Waals surface area contributed by atoms with Crippen molar-refractivity contribution in [3.8, 4) is 0 Å². The highest BCUT2D eigenvalue weighted by Gasteiger charge is 2.06. The lowest BCUT2D eigenvalue weighted by Gasteiger charge is -2.11. The van der Waals surface area contributed by atoms with E-state index in [1.165, 1.54) is 4.88 Å². The molecule has 1 heterocycles. The summed E-state index contributed by atoms with van der Waals surface area (Å²) in [6, 6.07) is 2.56. The Morgan fingerprint density at radius 2 is 2.43 bits per heavy atom. The maximum absolute atomic E-state index is 5.26. The molecule has 0 aliphatic heterocycles. The smallest absolute Gasteiger partial charge is 0.0590 e. The van der Waals surface area contributed by atoms with Gasteiger partial charge in [0, 0.05) is 33.9 Å². The van der Waals surface area contributed by atoms with Gasteiger partial charge in [0.1, 0.15) is 0 Å². The van der Waals surface area contributed by atoms with Crippen LogP contribution in [0.5, 0.6) is 0 Å². The van der Waals surface area contributed by atoms with E-state index >= 15 is 0 Å². The second kappa shape index (κ2) is 6.56. The van der Waals surface area contributed by atoms with Crippen molar-refractivity contribution < 1.29 is 4.74 Å². The van der Waals surface area contributed by atoms with Gasteiger partial charge in [-0.25, -0.2) is 0 Å². The molecule has 1 unspecified atom stereocenters.